The Morgan fingerprint density at radius 1 is 1.44 bits per heavy atom. The molecule has 0 fully saturated rings. The van der Waals surface area contributed by atoms with E-state index >= 15 is 0 Å². The Morgan fingerprint density at radius 3 is 2.39 bits per heavy atom. The Kier molecular flexibility index (Phi) is 4.70. The number of carbonyl (C=O) groups is 1. The van der Waals surface area contributed by atoms with Crippen molar-refractivity contribution in [1.29, 1.82) is 0 Å². The third-order valence-corrected chi connectivity index (χ3v) is 3.64. The molecule has 18 heavy (non-hydrogen) atoms. The number of nitro groups is 1. The van der Waals surface area contributed by atoms with Crippen molar-refractivity contribution < 1.29 is 22.9 Å². The molecule has 0 aromatic heterocycles. The van der Waals surface area contributed by atoms with Gasteiger partial charge in [0.1, 0.15) is 3.57 Å². The predicted octanol–water partition coefficient (Wildman–Crippen LogP) is 3.80. The lowest BCUT2D eigenvalue weighted by molar-refractivity contribution is -0.386. The van der Waals surface area contributed by atoms with Crippen molar-refractivity contribution >= 4 is 50.0 Å². The van der Waals surface area contributed by atoms with Crippen LogP contribution in [0.5, 0.6) is 0 Å². The standard InChI is InChI=1S/C9H4BrF3INO3/c10-3-7(16)4-1-5(9(11,12)13)8(14)6(2-4)15(17)18/h1-2H,3H2. The first-order valence-corrected chi connectivity index (χ1v) is 6.52. The van der Waals surface area contributed by atoms with Crippen LogP contribution >= 0.6 is 38.5 Å². The molecule has 1 rings (SSSR count). The fourth-order valence-electron chi connectivity index (χ4n) is 1.19. The minimum atomic E-state index is -4.75. The second-order valence-electron chi connectivity index (χ2n) is 3.17. The van der Waals surface area contributed by atoms with Crippen LogP contribution < -0.4 is 0 Å². The van der Waals surface area contributed by atoms with Crippen molar-refractivity contribution in [3.8, 4) is 0 Å². The number of halogens is 5. The summed E-state index contributed by atoms with van der Waals surface area (Å²) < 4.78 is 37.5. The molecule has 9 heteroatoms. The highest BCUT2D eigenvalue weighted by molar-refractivity contribution is 14.1. The lowest BCUT2D eigenvalue weighted by Crippen LogP contribution is -2.12. The highest BCUT2D eigenvalue weighted by atomic mass is 127. The maximum Gasteiger partial charge on any atom is 0.417 e. The van der Waals surface area contributed by atoms with E-state index in [1.165, 1.54) is 22.6 Å². The average Bonchev–Trinajstić information content (AvgIpc) is 2.26. The summed E-state index contributed by atoms with van der Waals surface area (Å²) in [5.41, 5.74) is -2.25. The molecule has 98 valence electrons. The molecule has 0 aliphatic rings. The molecule has 0 spiro atoms. The topological polar surface area (TPSA) is 60.2 Å². The van der Waals surface area contributed by atoms with Crippen LogP contribution in [0.4, 0.5) is 18.9 Å². The van der Waals surface area contributed by atoms with E-state index in [1.807, 2.05) is 0 Å². The number of hydrogen-bond acceptors (Lipinski definition) is 3. The lowest BCUT2D eigenvalue weighted by atomic mass is 10.1. The van der Waals surface area contributed by atoms with Crippen LogP contribution in [0, 0.1) is 13.7 Å². The smallest absolute Gasteiger partial charge is 0.293 e. The Hall–Kier alpha value is -0.710. The molecule has 1 aromatic rings. The van der Waals surface area contributed by atoms with Gasteiger partial charge in [0.25, 0.3) is 5.69 Å². The van der Waals surface area contributed by atoms with Crippen LogP contribution in [-0.2, 0) is 6.18 Å². The van der Waals surface area contributed by atoms with Crippen molar-refractivity contribution in [2.45, 2.75) is 6.18 Å². The summed E-state index contributed by atoms with van der Waals surface area (Å²) in [7, 11) is 0. The van der Waals surface area contributed by atoms with Gasteiger partial charge in [0, 0.05) is 11.6 Å². The first kappa shape index (κ1) is 15.3. The molecule has 0 saturated carbocycles. The summed E-state index contributed by atoms with van der Waals surface area (Å²) >= 11 is 4.05. The van der Waals surface area contributed by atoms with Gasteiger partial charge < -0.3 is 0 Å². The number of nitrogens with zero attached hydrogens (tertiary/aromatic N) is 1. The molecular formula is C9H4BrF3INO3. The molecule has 1 aromatic carbocycles. The monoisotopic (exact) mass is 437 g/mol. The van der Waals surface area contributed by atoms with Gasteiger partial charge in [0.2, 0.25) is 0 Å². The number of rotatable bonds is 3. The van der Waals surface area contributed by atoms with Crippen molar-refractivity contribution in [2.24, 2.45) is 0 Å². The van der Waals surface area contributed by atoms with E-state index in [0.717, 1.165) is 6.07 Å². The normalized spacial score (nSPS) is 11.4. The maximum atomic E-state index is 12.7. The predicted molar refractivity (Wildman–Crippen MR) is 68.9 cm³/mol. The van der Waals surface area contributed by atoms with E-state index in [4.69, 9.17) is 0 Å². The van der Waals surface area contributed by atoms with Gasteiger partial charge in [-0.2, -0.15) is 13.2 Å². The van der Waals surface area contributed by atoms with Crippen LogP contribution in [0.15, 0.2) is 12.1 Å². The first-order chi connectivity index (χ1) is 8.18. The van der Waals surface area contributed by atoms with E-state index in [0.29, 0.717) is 6.07 Å². The molecule has 0 heterocycles. The Labute approximate surface area is 121 Å². The number of hydrogen-bond donors (Lipinski definition) is 0. The van der Waals surface area contributed by atoms with Gasteiger partial charge in [0.15, 0.2) is 5.78 Å². The zero-order valence-electron chi connectivity index (χ0n) is 8.42. The Bertz CT molecular complexity index is 519. The number of Topliss-reactive ketones (excluding diaryl/α,β-unsaturated/α-hetero) is 1. The Morgan fingerprint density at radius 2 is 2.00 bits per heavy atom. The minimum Gasteiger partial charge on any atom is -0.293 e. The quantitative estimate of drug-likeness (QED) is 0.237. The molecule has 0 aliphatic heterocycles. The van der Waals surface area contributed by atoms with Crippen LogP contribution in [0.3, 0.4) is 0 Å². The van der Waals surface area contributed by atoms with Crippen molar-refractivity contribution in [3.63, 3.8) is 0 Å². The van der Waals surface area contributed by atoms with E-state index in [1.54, 1.807) is 0 Å². The van der Waals surface area contributed by atoms with E-state index < -0.39 is 31.7 Å². The van der Waals surface area contributed by atoms with Crippen LogP contribution in [0.25, 0.3) is 0 Å². The molecule has 0 amide bonds. The van der Waals surface area contributed by atoms with Crippen molar-refractivity contribution in [3.05, 3.63) is 36.9 Å². The van der Waals surface area contributed by atoms with Crippen LogP contribution in [-0.4, -0.2) is 16.0 Å². The third kappa shape index (κ3) is 3.19. The molecule has 0 saturated heterocycles. The summed E-state index contributed by atoms with van der Waals surface area (Å²) in [4.78, 5) is 21.1. The molecule has 0 N–H and O–H groups in total. The first-order valence-electron chi connectivity index (χ1n) is 4.32. The third-order valence-electron chi connectivity index (χ3n) is 2.00. The molecule has 0 unspecified atom stereocenters. The van der Waals surface area contributed by atoms with Crippen molar-refractivity contribution in [2.75, 3.05) is 5.33 Å². The van der Waals surface area contributed by atoms with Crippen molar-refractivity contribution in [1.82, 2.24) is 0 Å². The SMILES string of the molecule is O=C(CBr)c1cc([N+](=O)[O-])c(I)c(C(F)(F)F)c1. The van der Waals surface area contributed by atoms with E-state index in [9.17, 15) is 28.1 Å². The molecule has 0 aliphatic carbocycles. The average molecular weight is 438 g/mol. The molecule has 0 radical (unpaired) electrons. The maximum absolute atomic E-state index is 12.7. The summed E-state index contributed by atoms with van der Waals surface area (Å²) in [5.74, 6) is -0.653. The largest absolute Gasteiger partial charge is 0.417 e. The molecular weight excluding hydrogens is 434 g/mol. The summed E-state index contributed by atoms with van der Waals surface area (Å²) in [5, 5.41) is 10.5. The van der Waals surface area contributed by atoms with E-state index in [2.05, 4.69) is 15.9 Å². The van der Waals surface area contributed by atoms with Gasteiger partial charge in [0.05, 0.1) is 15.8 Å². The zero-order valence-corrected chi connectivity index (χ0v) is 12.2. The highest BCUT2D eigenvalue weighted by Crippen LogP contribution is 2.37. The number of ketones is 1. The van der Waals surface area contributed by atoms with Gasteiger partial charge in [-0.15, -0.1) is 0 Å². The van der Waals surface area contributed by atoms with Gasteiger partial charge in [-0.25, -0.2) is 0 Å². The second-order valence-corrected chi connectivity index (χ2v) is 4.81. The fourth-order valence-corrected chi connectivity index (χ4v) is 2.32. The number of benzene rings is 1. The fraction of sp³-hybridized carbons (Fsp3) is 0.222. The zero-order chi connectivity index (χ0) is 14.1. The molecule has 0 atom stereocenters. The Balaban J connectivity index is 3.57. The summed E-state index contributed by atoms with van der Waals surface area (Å²) in [6, 6.07) is 1.47. The second kappa shape index (κ2) is 5.51. The summed E-state index contributed by atoms with van der Waals surface area (Å²) in [6.45, 7) is 0. The van der Waals surface area contributed by atoms with Crippen LogP contribution in [0.2, 0.25) is 0 Å². The number of carbonyl (C=O) groups excluding carboxylic acids is 1. The minimum absolute atomic E-state index is 0.206. The van der Waals surface area contributed by atoms with E-state index in [-0.39, 0.29) is 10.9 Å². The van der Waals surface area contributed by atoms with Gasteiger partial charge in [-0.3, -0.25) is 14.9 Å². The number of nitro benzene ring substituents is 1. The van der Waals surface area contributed by atoms with Crippen LogP contribution in [0.1, 0.15) is 15.9 Å². The van der Waals surface area contributed by atoms with Gasteiger partial charge >= 0.3 is 6.18 Å². The highest BCUT2D eigenvalue weighted by Gasteiger charge is 2.37. The molecule has 0 bridgehead atoms. The number of alkyl halides is 4. The molecule has 4 nitrogen and oxygen atoms in total. The summed E-state index contributed by atoms with van der Waals surface area (Å²) in [6.07, 6.45) is -4.75. The van der Waals surface area contributed by atoms with Gasteiger partial charge in [-0.05, 0) is 28.7 Å². The lowest BCUT2D eigenvalue weighted by Gasteiger charge is -2.10. The van der Waals surface area contributed by atoms with Gasteiger partial charge in [-0.1, -0.05) is 15.9 Å².